The molecule has 0 aliphatic heterocycles. The molecule has 0 aliphatic carbocycles. The van der Waals surface area contributed by atoms with Crippen LogP contribution in [0.25, 0.3) is 4.96 Å². The summed E-state index contributed by atoms with van der Waals surface area (Å²) in [5, 5.41) is 5.23. The zero-order valence-electron chi connectivity index (χ0n) is 15.4. The topological polar surface area (TPSA) is 59.7 Å². The lowest BCUT2D eigenvalue weighted by Crippen LogP contribution is -2.26. The molecule has 0 atom stereocenters. The lowest BCUT2D eigenvalue weighted by atomic mass is 10.2. The van der Waals surface area contributed by atoms with Gasteiger partial charge in [-0.25, -0.2) is 4.98 Å². The molecule has 3 rings (SSSR count). The van der Waals surface area contributed by atoms with E-state index >= 15 is 0 Å². The smallest absolute Gasteiger partial charge is 0.275 e. The number of rotatable bonds is 8. The summed E-state index contributed by atoms with van der Waals surface area (Å²) in [7, 11) is 1.67. The van der Waals surface area contributed by atoms with E-state index in [9.17, 15) is 4.79 Å². The molecule has 138 valence electrons. The van der Waals surface area contributed by atoms with Crippen LogP contribution in [-0.4, -0.2) is 33.2 Å². The minimum Gasteiger partial charge on any atom is -0.497 e. The highest BCUT2D eigenvalue weighted by Gasteiger charge is 2.12. The number of methoxy groups -OCH3 is 1. The quantitative estimate of drug-likeness (QED) is 0.608. The zero-order valence-corrected chi connectivity index (χ0v) is 16.3. The van der Waals surface area contributed by atoms with Gasteiger partial charge in [-0.1, -0.05) is 37.3 Å². The first-order valence-electron chi connectivity index (χ1n) is 8.87. The predicted octanol–water partition coefficient (Wildman–Crippen LogP) is 3.13. The number of hydrogen-bond donors (Lipinski definition) is 0. The molecule has 1 aromatic carbocycles. The molecule has 0 spiro atoms. The number of hydrogen-bond acceptors (Lipinski definition) is 6. The number of aromatic nitrogens is 3. The van der Waals surface area contributed by atoms with Crippen molar-refractivity contribution in [1.29, 1.82) is 0 Å². The van der Waals surface area contributed by atoms with E-state index in [4.69, 9.17) is 4.74 Å². The van der Waals surface area contributed by atoms with Crippen LogP contribution in [0.1, 0.15) is 36.5 Å². The lowest BCUT2D eigenvalue weighted by Gasteiger charge is -2.21. The van der Waals surface area contributed by atoms with E-state index in [1.807, 2.05) is 19.1 Å². The fraction of sp³-hybridized carbons (Fsp3) is 0.421. The summed E-state index contributed by atoms with van der Waals surface area (Å²) in [4.78, 5) is 20.0. The van der Waals surface area contributed by atoms with Crippen molar-refractivity contribution in [1.82, 2.24) is 19.5 Å². The number of aryl methyl sites for hydroxylation is 1. The molecule has 0 saturated heterocycles. The Bertz CT molecular complexity index is 917. The normalized spacial score (nSPS) is 11.4. The van der Waals surface area contributed by atoms with Gasteiger partial charge in [0, 0.05) is 19.2 Å². The molecule has 0 fully saturated rings. The molecule has 2 aromatic heterocycles. The Balaban J connectivity index is 1.80. The average Bonchev–Trinajstić information content (AvgIpc) is 3.06. The van der Waals surface area contributed by atoms with E-state index in [0.717, 1.165) is 42.4 Å². The van der Waals surface area contributed by atoms with Crippen LogP contribution in [-0.2, 0) is 19.5 Å². The van der Waals surface area contributed by atoms with E-state index in [2.05, 4.69) is 34.0 Å². The van der Waals surface area contributed by atoms with Crippen molar-refractivity contribution in [3.8, 4) is 5.75 Å². The van der Waals surface area contributed by atoms with Crippen molar-refractivity contribution in [2.24, 2.45) is 0 Å². The number of ether oxygens (including phenoxy) is 1. The minimum absolute atomic E-state index is 0.109. The van der Waals surface area contributed by atoms with E-state index < -0.39 is 0 Å². The van der Waals surface area contributed by atoms with Crippen molar-refractivity contribution in [2.45, 2.75) is 39.8 Å². The summed E-state index contributed by atoms with van der Waals surface area (Å²) in [5.74, 6) is 0.854. The van der Waals surface area contributed by atoms with E-state index in [1.165, 1.54) is 21.4 Å². The summed E-state index contributed by atoms with van der Waals surface area (Å²) < 4.78 is 6.62. The van der Waals surface area contributed by atoms with E-state index in [0.29, 0.717) is 11.5 Å². The Hall–Kier alpha value is -2.25. The number of benzene rings is 1. The van der Waals surface area contributed by atoms with Crippen molar-refractivity contribution in [3.63, 3.8) is 0 Å². The van der Waals surface area contributed by atoms with Crippen LogP contribution in [0.5, 0.6) is 5.75 Å². The first-order valence-corrected chi connectivity index (χ1v) is 9.68. The first-order chi connectivity index (χ1) is 12.6. The SMILES string of the molecule is CCCN(Cc1ccc(OC)cc1)Cc1cc(=O)n2nc(CC)sc2n1. The molecule has 0 unspecified atom stereocenters. The molecule has 2 heterocycles. The van der Waals surface area contributed by atoms with Gasteiger partial charge in [0.25, 0.3) is 5.56 Å². The maximum absolute atomic E-state index is 12.3. The van der Waals surface area contributed by atoms with Gasteiger partial charge in [-0.3, -0.25) is 9.69 Å². The lowest BCUT2D eigenvalue weighted by molar-refractivity contribution is 0.254. The highest BCUT2D eigenvalue weighted by atomic mass is 32.1. The largest absolute Gasteiger partial charge is 0.497 e. The Morgan fingerprint density at radius 2 is 1.96 bits per heavy atom. The monoisotopic (exact) mass is 372 g/mol. The van der Waals surface area contributed by atoms with Crippen LogP contribution in [0, 0.1) is 0 Å². The summed E-state index contributed by atoms with van der Waals surface area (Å²) in [6.07, 6.45) is 1.85. The van der Waals surface area contributed by atoms with E-state index in [1.54, 1.807) is 13.2 Å². The van der Waals surface area contributed by atoms with Gasteiger partial charge in [-0.05, 0) is 37.1 Å². The van der Waals surface area contributed by atoms with Crippen LogP contribution in [0.2, 0.25) is 0 Å². The van der Waals surface area contributed by atoms with Gasteiger partial charge in [-0.15, -0.1) is 0 Å². The van der Waals surface area contributed by atoms with Crippen molar-refractivity contribution in [2.75, 3.05) is 13.7 Å². The van der Waals surface area contributed by atoms with Crippen LogP contribution >= 0.6 is 11.3 Å². The zero-order chi connectivity index (χ0) is 18.5. The molecule has 0 aliphatic rings. The molecule has 26 heavy (non-hydrogen) atoms. The molecular formula is C19H24N4O2S. The average molecular weight is 372 g/mol. The second-order valence-electron chi connectivity index (χ2n) is 6.19. The molecule has 0 bridgehead atoms. The number of fused-ring (bicyclic) bond motifs is 1. The maximum Gasteiger partial charge on any atom is 0.275 e. The molecule has 0 saturated carbocycles. The summed E-state index contributed by atoms with van der Waals surface area (Å²) in [6.45, 7) is 6.58. The molecule has 0 amide bonds. The fourth-order valence-corrected chi connectivity index (χ4v) is 3.73. The van der Waals surface area contributed by atoms with Crippen molar-refractivity contribution in [3.05, 3.63) is 57.0 Å². The fourth-order valence-electron chi connectivity index (χ4n) is 2.87. The standard InChI is InChI=1S/C19H24N4O2S/c1-4-10-22(12-14-6-8-16(25-3)9-7-14)13-15-11-18(24)23-19(20-15)26-17(5-2)21-23/h6-9,11H,4-5,10,12-13H2,1-3H3. The minimum atomic E-state index is -0.109. The second kappa shape index (κ2) is 8.42. The van der Waals surface area contributed by atoms with Crippen molar-refractivity contribution >= 4 is 16.3 Å². The molecule has 7 heteroatoms. The van der Waals surface area contributed by atoms with Gasteiger partial charge >= 0.3 is 0 Å². The summed E-state index contributed by atoms with van der Waals surface area (Å²) >= 11 is 1.48. The molecule has 6 nitrogen and oxygen atoms in total. The predicted molar refractivity (Wildman–Crippen MR) is 104 cm³/mol. The van der Waals surface area contributed by atoms with E-state index in [-0.39, 0.29) is 5.56 Å². The van der Waals surface area contributed by atoms with Gasteiger partial charge < -0.3 is 4.74 Å². The third kappa shape index (κ3) is 4.28. The first kappa shape index (κ1) is 18.5. The molecule has 0 radical (unpaired) electrons. The van der Waals surface area contributed by atoms with Gasteiger partial charge in [0.2, 0.25) is 4.96 Å². The summed E-state index contributed by atoms with van der Waals surface area (Å²) in [6, 6.07) is 9.69. The van der Waals surface area contributed by atoms with Crippen molar-refractivity contribution < 1.29 is 4.74 Å². The Kier molecular flexibility index (Phi) is 6.00. The maximum atomic E-state index is 12.3. The van der Waals surface area contributed by atoms with Gasteiger partial charge in [0.1, 0.15) is 10.8 Å². The van der Waals surface area contributed by atoms with Crippen LogP contribution in [0.3, 0.4) is 0 Å². The highest BCUT2D eigenvalue weighted by Crippen LogP contribution is 2.16. The number of nitrogens with zero attached hydrogens (tertiary/aromatic N) is 4. The third-order valence-electron chi connectivity index (χ3n) is 4.13. The van der Waals surface area contributed by atoms with Gasteiger partial charge in [0.15, 0.2) is 0 Å². The Morgan fingerprint density at radius 1 is 1.19 bits per heavy atom. The molecular weight excluding hydrogens is 348 g/mol. The summed E-state index contributed by atoms with van der Waals surface area (Å²) in [5.41, 5.74) is 1.90. The van der Waals surface area contributed by atoms with Crippen LogP contribution < -0.4 is 10.3 Å². The second-order valence-corrected chi connectivity index (χ2v) is 7.23. The Labute approximate surface area is 157 Å². The van der Waals surface area contributed by atoms with Crippen LogP contribution in [0.15, 0.2) is 35.1 Å². The van der Waals surface area contributed by atoms with Gasteiger partial charge in [0.05, 0.1) is 12.8 Å². The van der Waals surface area contributed by atoms with Crippen LogP contribution in [0.4, 0.5) is 0 Å². The molecule has 0 N–H and O–H groups in total. The third-order valence-corrected chi connectivity index (χ3v) is 5.19. The van der Waals surface area contributed by atoms with Gasteiger partial charge in [-0.2, -0.15) is 9.61 Å². The Morgan fingerprint density at radius 3 is 2.62 bits per heavy atom. The highest BCUT2D eigenvalue weighted by molar-refractivity contribution is 7.16. The molecule has 3 aromatic rings.